The summed E-state index contributed by atoms with van der Waals surface area (Å²) in [4.78, 5) is 11.9. The van der Waals surface area contributed by atoms with E-state index in [1.54, 1.807) is 38.1 Å². The molecule has 0 saturated carbocycles. The van der Waals surface area contributed by atoms with Gasteiger partial charge in [0.1, 0.15) is 17.5 Å². The van der Waals surface area contributed by atoms with E-state index in [4.69, 9.17) is 9.94 Å². The molecule has 0 aliphatic heterocycles. The molecule has 1 unspecified atom stereocenters. The van der Waals surface area contributed by atoms with Crippen LogP contribution < -0.4 is 10.2 Å². The van der Waals surface area contributed by atoms with Crippen molar-refractivity contribution in [1.29, 1.82) is 0 Å². The molecule has 0 saturated heterocycles. The largest absolute Gasteiger partial charge is 0.457 e. The molecular formula is C18H21BrN2O5S. The average molecular weight is 457 g/mol. The normalized spacial score (nSPS) is 12.9. The van der Waals surface area contributed by atoms with Gasteiger partial charge in [-0.3, -0.25) is 10.0 Å². The molecule has 1 amide bonds. The minimum absolute atomic E-state index is 0.0181. The molecule has 0 radical (unpaired) electrons. The van der Waals surface area contributed by atoms with Crippen LogP contribution in [0.1, 0.15) is 13.8 Å². The first kappa shape index (κ1) is 21.4. The minimum atomic E-state index is -3.93. The van der Waals surface area contributed by atoms with E-state index in [0.29, 0.717) is 11.5 Å². The zero-order chi connectivity index (χ0) is 20.2. The van der Waals surface area contributed by atoms with Gasteiger partial charge in [0.05, 0.1) is 4.90 Å². The summed E-state index contributed by atoms with van der Waals surface area (Å²) in [5.41, 5.74) is 1.52. The number of ether oxygens (including phenoxy) is 1. The van der Waals surface area contributed by atoms with Gasteiger partial charge < -0.3 is 4.74 Å². The van der Waals surface area contributed by atoms with Crippen molar-refractivity contribution in [1.82, 2.24) is 9.79 Å². The molecule has 0 aromatic heterocycles. The van der Waals surface area contributed by atoms with Crippen molar-refractivity contribution in [2.24, 2.45) is 5.92 Å². The highest BCUT2D eigenvalue weighted by molar-refractivity contribution is 9.10. The number of carbonyl (C=O) groups excluding carboxylic acids is 1. The Bertz CT molecular complexity index is 883. The third kappa shape index (κ3) is 5.07. The van der Waals surface area contributed by atoms with Crippen molar-refractivity contribution in [3.8, 4) is 11.5 Å². The number of likely N-dealkylation sites (N-methyl/N-ethyl adjacent to an activating group) is 1. The number of hydrogen-bond acceptors (Lipinski definition) is 5. The number of nitrogens with one attached hydrogen (secondary N) is 1. The Morgan fingerprint density at radius 3 is 2.00 bits per heavy atom. The predicted octanol–water partition coefficient (Wildman–Crippen LogP) is 3.39. The zero-order valence-corrected chi connectivity index (χ0v) is 17.5. The Labute approximate surface area is 167 Å². The van der Waals surface area contributed by atoms with Crippen molar-refractivity contribution >= 4 is 31.9 Å². The lowest BCUT2D eigenvalue weighted by Gasteiger charge is -2.28. The fourth-order valence-corrected chi connectivity index (χ4v) is 4.30. The quantitative estimate of drug-likeness (QED) is 0.491. The lowest BCUT2D eigenvalue weighted by molar-refractivity contribution is -0.134. The fraction of sp³-hybridized carbons (Fsp3) is 0.278. The smallest absolute Gasteiger partial charge is 0.262 e. The molecule has 2 aromatic carbocycles. The number of halogens is 1. The van der Waals surface area contributed by atoms with E-state index >= 15 is 0 Å². The second-order valence-corrected chi connectivity index (χ2v) is 9.13. The molecule has 2 N–H and O–H groups in total. The third-order valence-electron chi connectivity index (χ3n) is 3.95. The third-order valence-corrected chi connectivity index (χ3v) is 6.33. The van der Waals surface area contributed by atoms with Crippen LogP contribution in [0.4, 0.5) is 0 Å². The van der Waals surface area contributed by atoms with Gasteiger partial charge in [0.15, 0.2) is 0 Å². The van der Waals surface area contributed by atoms with Crippen molar-refractivity contribution < 1.29 is 23.2 Å². The lowest BCUT2D eigenvalue weighted by Crippen LogP contribution is -2.49. The molecule has 2 aromatic rings. The van der Waals surface area contributed by atoms with Crippen LogP contribution in [-0.2, 0) is 14.8 Å². The number of nitrogens with zero attached hydrogens (tertiary/aromatic N) is 1. The lowest BCUT2D eigenvalue weighted by atomic mass is 10.0. The summed E-state index contributed by atoms with van der Waals surface area (Å²) >= 11 is 3.34. The number of hydrogen-bond donors (Lipinski definition) is 2. The monoisotopic (exact) mass is 456 g/mol. The Hall–Kier alpha value is -1.94. The van der Waals surface area contributed by atoms with Crippen molar-refractivity contribution in [2.45, 2.75) is 24.8 Å². The van der Waals surface area contributed by atoms with Crippen molar-refractivity contribution in [2.75, 3.05) is 7.05 Å². The molecule has 0 spiro atoms. The summed E-state index contributed by atoms with van der Waals surface area (Å²) in [6.45, 7) is 3.39. The van der Waals surface area contributed by atoms with E-state index in [1.807, 2.05) is 12.1 Å². The highest BCUT2D eigenvalue weighted by Crippen LogP contribution is 2.26. The van der Waals surface area contributed by atoms with Gasteiger partial charge in [-0.25, -0.2) is 13.9 Å². The second kappa shape index (κ2) is 8.83. The van der Waals surface area contributed by atoms with Gasteiger partial charge in [-0.2, -0.15) is 4.31 Å². The van der Waals surface area contributed by atoms with Crippen molar-refractivity contribution in [3.63, 3.8) is 0 Å². The van der Waals surface area contributed by atoms with Crippen LogP contribution in [0.3, 0.4) is 0 Å². The van der Waals surface area contributed by atoms with Gasteiger partial charge in [0, 0.05) is 11.5 Å². The van der Waals surface area contributed by atoms with Gasteiger partial charge >= 0.3 is 0 Å². The van der Waals surface area contributed by atoms with Crippen LogP contribution in [0.25, 0.3) is 0 Å². The van der Waals surface area contributed by atoms with Gasteiger partial charge in [0.2, 0.25) is 10.0 Å². The topological polar surface area (TPSA) is 95.9 Å². The Balaban J connectivity index is 2.23. The Morgan fingerprint density at radius 1 is 1.07 bits per heavy atom. The van der Waals surface area contributed by atoms with Gasteiger partial charge in [0.25, 0.3) is 5.91 Å². The van der Waals surface area contributed by atoms with E-state index in [-0.39, 0.29) is 10.8 Å². The van der Waals surface area contributed by atoms with Crippen LogP contribution in [-0.4, -0.2) is 36.9 Å². The Kier molecular flexibility index (Phi) is 6.99. The molecule has 2 rings (SSSR count). The number of rotatable bonds is 7. The van der Waals surface area contributed by atoms with E-state index in [9.17, 15) is 13.2 Å². The molecule has 0 fully saturated rings. The maximum atomic E-state index is 12.8. The van der Waals surface area contributed by atoms with Crippen LogP contribution >= 0.6 is 15.9 Å². The van der Waals surface area contributed by atoms with E-state index in [1.165, 1.54) is 24.7 Å². The molecule has 146 valence electrons. The summed E-state index contributed by atoms with van der Waals surface area (Å²) in [5.74, 6) is -0.0268. The van der Waals surface area contributed by atoms with Gasteiger partial charge in [-0.05, 0) is 54.4 Å². The van der Waals surface area contributed by atoms with Gasteiger partial charge in [-0.15, -0.1) is 0 Å². The first-order valence-electron chi connectivity index (χ1n) is 8.12. The van der Waals surface area contributed by atoms with Crippen LogP contribution in [0.15, 0.2) is 57.9 Å². The van der Waals surface area contributed by atoms with Crippen molar-refractivity contribution in [3.05, 3.63) is 53.0 Å². The van der Waals surface area contributed by atoms with E-state index < -0.39 is 22.0 Å². The number of hydroxylamine groups is 1. The molecule has 9 heteroatoms. The van der Waals surface area contributed by atoms with Crippen LogP contribution in [0, 0.1) is 5.92 Å². The summed E-state index contributed by atoms with van der Waals surface area (Å²) in [6.07, 6.45) is 0. The van der Waals surface area contributed by atoms with E-state index in [0.717, 1.165) is 8.78 Å². The molecule has 0 bridgehead atoms. The standard InChI is InChI=1S/C18H21BrN2O5S/c1-12(2)17(18(22)20-23)21(3)27(24,25)16-10-8-15(9-11-16)26-14-6-4-13(19)5-7-14/h4-12,17,23H,1-3H3,(H,20,22). The molecule has 0 aliphatic carbocycles. The molecule has 0 heterocycles. The highest BCUT2D eigenvalue weighted by Gasteiger charge is 2.34. The number of sulfonamides is 1. The first-order valence-corrected chi connectivity index (χ1v) is 10.4. The van der Waals surface area contributed by atoms with E-state index in [2.05, 4.69) is 15.9 Å². The van der Waals surface area contributed by atoms with Crippen LogP contribution in [0.2, 0.25) is 0 Å². The number of amides is 1. The maximum Gasteiger partial charge on any atom is 0.262 e. The minimum Gasteiger partial charge on any atom is -0.457 e. The summed E-state index contributed by atoms with van der Waals surface area (Å²) in [5, 5.41) is 8.89. The molecule has 1 atom stereocenters. The Morgan fingerprint density at radius 2 is 1.56 bits per heavy atom. The maximum absolute atomic E-state index is 12.8. The van der Waals surface area contributed by atoms with Crippen LogP contribution in [0.5, 0.6) is 11.5 Å². The first-order chi connectivity index (χ1) is 12.7. The number of carbonyl (C=O) groups is 1. The predicted molar refractivity (Wildman–Crippen MR) is 104 cm³/mol. The average Bonchev–Trinajstić information content (AvgIpc) is 2.63. The molecule has 7 nitrogen and oxygen atoms in total. The second-order valence-electron chi connectivity index (χ2n) is 6.21. The molecule has 27 heavy (non-hydrogen) atoms. The highest BCUT2D eigenvalue weighted by atomic mass is 79.9. The molecule has 0 aliphatic rings. The zero-order valence-electron chi connectivity index (χ0n) is 15.1. The number of benzene rings is 2. The summed E-state index contributed by atoms with van der Waals surface area (Å²) in [6, 6.07) is 12.1. The summed E-state index contributed by atoms with van der Waals surface area (Å²) in [7, 11) is -2.63. The summed E-state index contributed by atoms with van der Waals surface area (Å²) < 4.78 is 33.2. The SMILES string of the molecule is CC(C)C(C(=O)NO)N(C)S(=O)(=O)c1ccc(Oc2ccc(Br)cc2)cc1. The van der Waals surface area contributed by atoms with Gasteiger partial charge in [-0.1, -0.05) is 29.8 Å². The fourth-order valence-electron chi connectivity index (χ4n) is 2.59. The molecular weight excluding hydrogens is 436 g/mol.